The summed E-state index contributed by atoms with van der Waals surface area (Å²) in [6.07, 6.45) is 3.63. The minimum atomic E-state index is -0.684. The molecule has 0 aromatic heterocycles. The average Bonchev–Trinajstić information content (AvgIpc) is 3.68. The third kappa shape index (κ3) is 9.93. The second-order valence-corrected chi connectivity index (χ2v) is 12.7. The van der Waals surface area contributed by atoms with Crippen molar-refractivity contribution in [2.75, 3.05) is 33.3 Å². The maximum atomic E-state index is 14.1. The fraction of sp³-hybridized carbons (Fsp3) is 0.512. The van der Waals surface area contributed by atoms with E-state index in [0.717, 1.165) is 56.4 Å². The van der Waals surface area contributed by atoms with Crippen LogP contribution in [0.25, 0.3) is 11.1 Å². The molecule has 5 rings (SSSR count). The Morgan fingerprint density at radius 2 is 1.45 bits per heavy atom. The van der Waals surface area contributed by atoms with E-state index in [4.69, 9.17) is 4.74 Å². The minimum Gasteiger partial charge on any atom is -0.497 e. The zero-order chi connectivity index (χ0) is 35.0. The highest BCUT2D eigenvalue weighted by Crippen LogP contribution is 2.51. The molecule has 2 aliphatic rings. The van der Waals surface area contributed by atoms with Gasteiger partial charge in [0.15, 0.2) is 0 Å². The van der Waals surface area contributed by atoms with Crippen molar-refractivity contribution in [3.63, 3.8) is 0 Å². The summed E-state index contributed by atoms with van der Waals surface area (Å²) in [6.45, 7) is 21.9. The van der Waals surface area contributed by atoms with Gasteiger partial charge in [-0.15, -0.1) is 0 Å². The van der Waals surface area contributed by atoms with Gasteiger partial charge in [-0.1, -0.05) is 123 Å². The number of hydrogen-bond donors (Lipinski definition) is 2. The van der Waals surface area contributed by atoms with E-state index in [1.807, 2.05) is 59.7 Å². The third-order valence-corrected chi connectivity index (χ3v) is 8.45. The van der Waals surface area contributed by atoms with Crippen molar-refractivity contribution in [1.82, 2.24) is 15.5 Å². The summed E-state index contributed by atoms with van der Waals surface area (Å²) < 4.78 is 5.26. The Morgan fingerprint density at radius 1 is 0.851 bits per heavy atom. The topological polar surface area (TPSA) is 70.7 Å². The van der Waals surface area contributed by atoms with Crippen molar-refractivity contribution in [3.05, 3.63) is 89.5 Å². The number of likely N-dealkylation sites (tertiary alicyclic amines) is 1. The average molecular weight is 644 g/mol. The highest BCUT2D eigenvalue weighted by Gasteiger charge is 2.48. The molecule has 0 saturated carbocycles. The molecule has 1 aliphatic carbocycles. The summed E-state index contributed by atoms with van der Waals surface area (Å²) in [5.74, 6) is 0.729. The van der Waals surface area contributed by atoms with Gasteiger partial charge in [0.2, 0.25) is 5.91 Å². The standard InChI is InChI=1S/C35H43N3O3.3C2H6/c1-34(2,3)24-36-33(40)35(30-16-7-5-14-28(30)29-15-6-8-17-31(29)35)19-9-10-20-38-21-18-26(23-38)37-32(39)25-12-11-13-27(22-25)41-4;3*1-2/h5-8,11-17,22,26H,9-10,18-21,23-24H2,1-4H3,(H,36,40)(H,37,39);3*1-2H3. The first kappa shape index (κ1) is 39.5. The fourth-order valence-corrected chi connectivity index (χ4v) is 6.36. The van der Waals surface area contributed by atoms with Crippen LogP contribution in [-0.4, -0.2) is 56.0 Å². The predicted molar refractivity (Wildman–Crippen MR) is 198 cm³/mol. The monoisotopic (exact) mass is 643 g/mol. The molecular formula is C41H61N3O3. The van der Waals surface area contributed by atoms with E-state index >= 15 is 0 Å². The van der Waals surface area contributed by atoms with Crippen molar-refractivity contribution in [2.45, 2.75) is 99.5 Å². The minimum absolute atomic E-state index is 0.00276. The molecule has 1 saturated heterocycles. The molecular weight excluding hydrogens is 582 g/mol. The second-order valence-electron chi connectivity index (χ2n) is 12.7. The number of nitrogens with zero attached hydrogens (tertiary/aromatic N) is 1. The predicted octanol–water partition coefficient (Wildman–Crippen LogP) is 8.88. The first-order valence-corrected chi connectivity index (χ1v) is 17.9. The van der Waals surface area contributed by atoms with E-state index in [1.165, 1.54) is 11.1 Å². The molecule has 1 unspecified atom stereocenters. The normalized spacial score (nSPS) is 15.7. The zero-order valence-electron chi connectivity index (χ0n) is 30.8. The number of benzene rings is 3. The Balaban J connectivity index is 0.00000121. The van der Waals surface area contributed by atoms with E-state index in [0.29, 0.717) is 17.9 Å². The lowest BCUT2D eigenvalue weighted by molar-refractivity contribution is -0.126. The van der Waals surface area contributed by atoms with Crippen LogP contribution in [0.5, 0.6) is 5.75 Å². The molecule has 0 radical (unpaired) electrons. The lowest BCUT2D eigenvalue weighted by Gasteiger charge is -2.32. The quantitative estimate of drug-likeness (QED) is 0.217. The Kier molecular flexibility index (Phi) is 16.2. The van der Waals surface area contributed by atoms with Gasteiger partial charge < -0.3 is 20.3 Å². The molecule has 3 aromatic rings. The number of hydrogen-bond acceptors (Lipinski definition) is 4. The molecule has 1 atom stereocenters. The lowest BCUT2D eigenvalue weighted by atomic mass is 9.73. The molecule has 0 spiro atoms. The number of fused-ring (bicyclic) bond motifs is 3. The van der Waals surface area contributed by atoms with E-state index in [1.54, 1.807) is 13.2 Å². The van der Waals surface area contributed by atoms with E-state index in [2.05, 4.69) is 84.8 Å². The first-order valence-electron chi connectivity index (χ1n) is 17.9. The van der Waals surface area contributed by atoms with E-state index < -0.39 is 5.41 Å². The van der Waals surface area contributed by atoms with Gasteiger partial charge in [0, 0.05) is 31.2 Å². The van der Waals surface area contributed by atoms with Crippen LogP contribution in [0.3, 0.4) is 0 Å². The maximum absolute atomic E-state index is 14.1. The van der Waals surface area contributed by atoms with Gasteiger partial charge >= 0.3 is 0 Å². The molecule has 1 fully saturated rings. The Labute approximate surface area is 285 Å². The van der Waals surface area contributed by atoms with Crippen molar-refractivity contribution < 1.29 is 14.3 Å². The summed E-state index contributed by atoms with van der Waals surface area (Å²) in [5, 5.41) is 6.51. The molecule has 6 heteroatoms. The number of carbonyl (C=O) groups is 2. The van der Waals surface area contributed by atoms with Gasteiger partial charge in [0.1, 0.15) is 11.2 Å². The summed E-state index contributed by atoms with van der Waals surface area (Å²) in [5.41, 5.74) is 4.52. The molecule has 1 aliphatic heterocycles. The second kappa shape index (κ2) is 19.2. The zero-order valence-corrected chi connectivity index (χ0v) is 30.8. The molecule has 0 bridgehead atoms. The SMILES string of the molecule is CC.CC.CC.COc1cccc(C(=O)NC2CCN(CCCCC3(C(=O)NCC(C)(C)C)c4ccccc4-c4ccccc43)C2)c1. The van der Waals surface area contributed by atoms with Crippen molar-refractivity contribution in [3.8, 4) is 16.9 Å². The number of amides is 2. The molecule has 47 heavy (non-hydrogen) atoms. The summed E-state index contributed by atoms with van der Waals surface area (Å²) in [7, 11) is 1.61. The molecule has 3 aromatic carbocycles. The van der Waals surface area contributed by atoms with Crippen LogP contribution in [0.4, 0.5) is 0 Å². The van der Waals surface area contributed by atoms with Crippen LogP contribution in [0.2, 0.25) is 0 Å². The highest BCUT2D eigenvalue weighted by atomic mass is 16.5. The van der Waals surface area contributed by atoms with Gasteiger partial charge in [-0.3, -0.25) is 9.59 Å². The Hall–Kier alpha value is -3.64. The molecule has 6 nitrogen and oxygen atoms in total. The number of ether oxygens (including phenoxy) is 1. The van der Waals surface area contributed by atoms with E-state index in [-0.39, 0.29) is 23.3 Å². The number of methoxy groups -OCH3 is 1. The van der Waals surface area contributed by atoms with Gasteiger partial charge in [-0.05, 0) is 71.7 Å². The number of unbranched alkanes of at least 4 members (excludes halogenated alkanes) is 1. The van der Waals surface area contributed by atoms with E-state index in [9.17, 15) is 9.59 Å². The van der Waals surface area contributed by atoms with Crippen LogP contribution in [-0.2, 0) is 10.2 Å². The number of carbonyl (C=O) groups excluding carboxylic acids is 2. The summed E-state index contributed by atoms with van der Waals surface area (Å²) in [6, 6.07) is 24.2. The molecule has 1 heterocycles. The molecule has 2 N–H and O–H groups in total. The molecule has 258 valence electrons. The number of nitrogens with one attached hydrogen (secondary N) is 2. The van der Waals surface area contributed by atoms with Gasteiger partial charge in [0.25, 0.3) is 5.91 Å². The van der Waals surface area contributed by atoms with Crippen molar-refractivity contribution in [1.29, 1.82) is 0 Å². The van der Waals surface area contributed by atoms with Gasteiger partial charge in [0.05, 0.1) is 7.11 Å². The van der Waals surface area contributed by atoms with Crippen molar-refractivity contribution in [2.24, 2.45) is 5.41 Å². The Morgan fingerprint density at radius 3 is 2.02 bits per heavy atom. The maximum Gasteiger partial charge on any atom is 0.251 e. The van der Waals surface area contributed by atoms with Gasteiger partial charge in [-0.2, -0.15) is 0 Å². The summed E-state index contributed by atoms with van der Waals surface area (Å²) in [4.78, 5) is 29.3. The molecule has 2 amide bonds. The van der Waals surface area contributed by atoms with Crippen LogP contribution in [0.15, 0.2) is 72.8 Å². The van der Waals surface area contributed by atoms with Gasteiger partial charge in [-0.25, -0.2) is 0 Å². The van der Waals surface area contributed by atoms with Crippen LogP contribution < -0.4 is 15.4 Å². The first-order chi connectivity index (χ1) is 22.7. The third-order valence-electron chi connectivity index (χ3n) is 8.45. The summed E-state index contributed by atoms with van der Waals surface area (Å²) >= 11 is 0. The van der Waals surface area contributed by atoms with Crippen LogP contribution >= 0.6 is 0 Å². The lowest BCUT2D eigenvalue weighted by Crippen LogP contribution is -2.46. The smallest absolute Gasteiger partial charge is 0.251 e. The van der Waals surface area contributed by atoms with Crippen LogP contribution in [0, 0.1) is 5.41 Å². The highest BCUT2D eigenvalue weighted by molar-refractivity contribution is 6.00. The van der Waals surface area contributed by atoms with Crippen LogP contribution in [0.1, 0.15) is 109 Å². The number of rotatable bonds is 10. The Bertz CT molecular complexity index is 1350. The van der Waals surface area contributed by atoms with Crippen molar-refractivity contribution >= 4 is 11.8 Å². The largest absolute Gasteiger partial charge is 0.497 e. The fourth-order valence-electron chi connectivity index (χ4n) is 6.36.